The van der Waals surface area contributed by atoms with Gasteiger partial charge in [-0.05, 0) is 26.0 Å². The third-order valence-corrected chi connectivity index (χ3v) is 4.02. The first-order valence-corrected chi connectivity index (χ1v) is 7.41. The van der Waals surface area contributed by atoms with Crippen LogP contribution in [0, 0.1) is 0 Å². The molecule has 108 valence electrons. The molecule has 2 heterocycles. The van der Waals surface area contributed by atoms with E-state index >= 15 is 0 Å². The molecule has 0 aliphatic rings. The number of sulfone groups is 1. The number of rotatable bonds is 5. The summed E-state index contributed by atoms with van der Waals surface area (Å²) in [7, 11) is -3.81. The van der Waals surface area contributed by atoms with E-state index < -0.39 is 32.4 Å². The van der Waals surface area contributed by atoms with Crippen molar-refractivity contribution in [1.29, 1.82) is 0 Å². The fraction of sp³-hybridized carbons (Fsp3) is 0.364. The lowest BCUT2D eigenvalue weighted by Crippen LogP contribution is -2.13. The van der Waals surface area contributed by atoms with Crippen molar-refractivity contribution < 1.29 is 22.7 Å². The van der Waals surface area contributed by atoms with Crippen LogP contribution in [0.1, 0.15) is 36.3 Å². The van der Waals surface area contributed by atoms with Crippen LogP contribution in [-0.2, 0) is 15.6 Å². The van der Waals surface area contributed by atoms with Crippen LogP contribution in [0.4, 0.5) is 0 Å². The number of nitrogens with zero attached hydrogens (tertiary/aromatic N) is 3. The summed E-state index contributed by atoms with van der Waals surface area (Å²) in [6.07, 6.45) is 1.27. The molecule has 20 heavy (non-hydrogen) atoms. The van der Waals surface area contributed by atoms with E-state index in [1.165, 1.54) is 11.0 Å². The standard InChI is InChI=1S/C11H13N3O5S/c1-7(2)14-9(12-6-13-14)5-20(17,18)10-4-3-8(19-10)11(15)16/h3-4,6-7H,5H2,1-2H3,(H,15,16). The molecule has 0 radical (unpaired) electrons. The summed E-state index contributed by atoms with van der Waals surface area (Å²) in [5, 5.41) is 12.3. The van der Waals surface area contributed by atoms with Crippen molar-refractivity contribution in [2.75, 3.05) is 0 Å². The number of carbonyl (C=O) groups is 1. The number of hydrogen-bond acceptors (Lipinski definition) is 6. The molecule has 8 nitrogen and oxygen atoms in total. The second-order valence-corrected chi connectivity index (χ2v) is 6.32. The SMILES string of the molecule is CC(C)n1ncnc1CS(=O)(=O)c1ccc(C(=O)O)o1. The molecule has 0 amide bonds. The number of furan rings is 1. The number of aromatic carboxylic acids is 1. The lowest BCUT2D eigenvalue weighted by molar-refractivity contribution is 0.0656. The van der Waals surface area contributed by atoms with Crippen molar-refractivity contribution in [2.45, 2.75) is 30.7 Å². The molecule has 0 saturated carbocycles. The van der Waals surface area contributed by atoms with Crippen LogP contribution in [0.15, 0.2) is 28.0 Å². The van der Waals surface area contributed by atoms with E-state index in [9.17, 15) is 13.2 Å². The lowest BCUT2D eigenvalue weighted by atomic mass is 10.4. The minimum absolute atomic E-state index is 0.0334. The largest absolute Gasteiger partial charge is 0.475 e. The monoisotopic (exact) mass is 299 g/mol. The van der Waals surface area contributed by atoms with Gasteiger partial charge in [-0.3, -0.25) is 0 Å². The Morgan fingerprint density at radius 2 is 2.15 bits per heavy atom. The zero-order valence-corrected chi connectivity index (χ0v) is 11.7. The van der Waals surface area contributed by atoms with Gasteiger partial charge < -0.3 is 9.52 Å². The van der Waals surface area contributed by atoms with Crippen molar-refractivity contribution >= 4 is 15.8 Å². The smallest absolute Gasteiger partial charge is 0.371 e. The van der Waals surface area contributed by atoms with Crippen LogP contribution < -0.4 is 0 Å². The molecule has 0 fully saturated rings. The highest BCUT2D eigenvalue weighted by molar-refractivity contribution is 7.90. The van der Waals surface area contributed by atoms with Gasteiger partial charge in [-0.1, -0.05) is 0 Å². The van der Waals surface area contributed by atoms with E-state index in [0.29, 0.717) is 0 Å². The van der Waals surface area contributed by atoms with Crippen LogP contribution in [-0.4, -0.2) is 34.3 Å². The second-order valence-electron chi connectivity index (χ2n) is 4.40. The molecular weight excluding hydrogens is 286 g/mol. The summed E-state index contributed by atoms with van der Waals surface area (Å²) < 4.78 is 30.6. The van der Waals surface area contributed by atoms with E-state index in [1.807, 2.05) is 13.8 Å². The van der Waals surface area contributed by atoms with E-state index in [-0.39, 0.29) is 11.9 Å². The van der Waals surface area contributed by atoms with Crippen molar-refractivity contribution in [3.8, 4) is 0 Å². The van der Waals surface area contributed by atoms with E-state index in [4.69, 9.17) is 9.52 Å². The maximum atomic E-state index is 12.1. The van der Waals surface area contributed by atoms with E-state index in [1.54, 1.807) is 0 Å². The first-order chi connectivity index (χ1) is 9.31. The van der Waals surface area contributed by atoms with Gasteiger partial charge in [0.1, 0.15) is 17.9 Å². The van der Waals surface area contributed by atoms with Gasteiger partial charge in [-0.2, -0.15) is 5.10 Å². The number of hydrogen-bond donors (Lipinski definition) is 1. The quantitative estimate of drug-likeness (QED) is 0.879. The van der Waals surface area contributed by atoms with Crippen molar-refractivity contribution in [1.82, 2.24) is 14.8 Å². The topological polar surface area (TPSA) is 115 Å². The average molecular weight is 299 g/mol. The minimum Gasteiger partial charge on any atom is -0.475 e. The van der Waals surface area contributed by atoms with Gasteiger partial charge in [-0.15, -0.1) is 0 Å². The minimum atomic E-state index is -3.81. The first-order valence-electron chi connectivity index (χ1n) is 5.75. The molecule has 9 heteroatoms. The number of carboxylic acids is 1. The summed E-state index contributed by atoms with van der Waals surface area (Å²) in [5.41, 5.74) is 0. The third kappa shape index (κ3) is 2.72. The fourth-order valence-electron chi connectivity index (χ4n) is 1.65. The Kier molecular flexibility index (Phi) is 3.62. The van der Waals surface area contributed by atoms with Gasteiger partial charge >= 0.3 is 5.97 Å². The Morgan fingerprint density at radius 1 is 1.45 bits per heavy atom. The number of aromatic nitrogens is 3. The average Bonchev–Trinajstić information content (AvgIpc) is 2.95. The summed E-state index contributed by atoms with van der Waals surface area (Å²) in [4.78, 5) is 14.6. The van der Waals surface area contributed by atoms with Crippen LogP contribution in [0.2, 0.25) is 0 Å². The van der Waals surface area contributed by atoms with E-state index in [0.717, 1.165) is 12.1 Å². The third-order valence-electron chi connectivity index (χ3n) is 2.55. The Morgan fingerprint density at radius 3 is 2.70 bits per heavy atom. The van der Waals surface area contributed by atoms with Gasteiger partial charge in [0, 0.05) is 6.04 Å². The first kappa shape index (κ1) is 14.3. The van der Waals surface area contributed by atoms with Crippen LogP contribution >= 0.6 is 0 Å². The highest BCUT2D eigenvalue weighted by Gasteiger charge is 2.24. The van der Waals surface area contributed by atoms with E-state index in [2.05, 4.69) is 10.1 Å². The van der Waals surface area contributed by atoms with Crippen molar-refractivity contribution in [2.24, 2.45) is 0 Å². The molecule has 0 spiro atoms. The number of carboxylic acid groups (broad SMARTS) is 1. The van der Waals surface area contributed by atoms with Gasteiger partial charge in [0.15, 0.2) is 0 Å². The molecule has 0 aromatic carbocycles. The van der Waals surface area contributed by atoms with Crippen LogP contribution in [0.5, 0.6) is 0 Å². The molecule has 0 aliphatic carbocycles. The molecule has 2 aromatic rings. The Labute approximate surface area is 115 Å². The summed E-state index contributed by atoms with van der Waals surface area (Å²) in [6, 6.07) is 2.19. The Bertz CT molecular complexity index is 729. The highest BCUT2D eigenvalue weighted by atomic mass is 32.2. The molecule has 0 aliphatic heterocycles. The zero-order chi connectivity index (χ0) is 14.9. The van der Waals surface area contributed by atoms with Gasteiger partial charge in [0.05, 0.1) is 0 Å². The second kappa shape index (κ2) is 5.08. The molecule has 0 saturated heterocycles. The molecule has 0 bridgehead atoms. The maximum absolute atomic E-state index is 12.1. The normalized spacial score (nSPS) is 11.9. The fourth-order valence-corrected chi connectivity index (χ4v) is 2.83. The molecule has 2 aromatic heterocycles. The Hall–Kier alpha value is -2.16. The lowest BCUT2D eigenvalue weighted by Gasteiger charge is -2.08. The molecular formula is C11H13N3O5S. The zero-order valence-electron chi connectivity index (χ0n) is 10.8. The van der Waals surface area contributed by atoms with Gasteiger partial charge in [0.25, 0.3) is 0 Å². The summed E-state index contributed by atoms with van der Waals surface area (Å²) in [5.74, 6) is -1.88. The van der Waals surface area contributed by atoms with Gasteiger partial charge in [-0.25, -0.2) is 22.9 Å². The van der Waals surface area contributed by atoms with Crippen molar-refractivity contribution in [3.05, 3.63) is 30.0 Å². The summed E-state index contributed by atoms with van der Waals surface area (Å²) in [6.45, 7) is 3.69. The van der Waals surface area contributed by atoms with Crippen LogP contribution in [0.25, 0.3) is 0 Å². The molecule has 1 N–H and O–H groups in total. The molecule has 0 atom stereocenters. The van der Waals surface area contributed by atoms with Crippen LogP contribution in [0.3, 0.4) is 0 Å². The van der Waals surface area contributed by atoms with Gasteiger partial charge in [0.2, 0.25) is 20.7 Å². The molecule has 0 unspecified atom stereocenters. The Balaban J connectivity index is 2.31. The van der Waals surface area contributed by atoms with Crippen molar-refractivity contribution in [3.63, 3.8) is 0 Å². The maximum Gasteiger partial charge on any atom is 0.371 e. The highest BCUT2D eigenvalue weighted by Crippen LogP contribution is 2.19. The predicted molar refractivity (Wildman–Crippen MR) is 67.0 cm³/mol. The molecule has 2 rings (SSSR count). The predicted octanol–water partition coefficient (Wildman–Crippen LogP) is 1.12. The summed E-state index contributed by atoms with van der Waals surface area (Å²) >= 11 is 0.